The first kappa shape index (κ1) is 17.1. The number of amides is 1. The lowest BCUT2D eigenvalue weighted by Gasteiger charge is -2.09. The summed E-state index contributed by atoms with van der Waals surface area (Å²) in [4.78, 5) is 25.5. The van der Waals surface area contributed by atoms with Crippen LogP contribution in [-0.4, -0.2) is 11.7 Å². The number of carbonyl (C=O) groups is 2. The lowest BCUT2D eigenvalue weighted by Crippen LogP contribution is -2.12. The van der Waals surface area contributed by atoms with Crippen LogP contribution in [0, 0.1) is 0 Å². The number of ketones is 1. The first-order chi connectivity index (χ1) is 14.2. The fraction of sp³-hybridized carbons (Fsp3) is 0. The van der Waals surface area contributed by atoms with Crippen LogP contribution >= 0.6 is 0 Å². The van der Waals surface area contributed by atoms with Crippen molar-refractivity contribution in [1.29, 1.82) is 0 Å². The van der Waals surface area contributed by atoms with Crippen LogP contribution in [-0.2, 0) is 0 Å². The van der Waals surface area contributed by atoms with Crippen LogP contribution in [0.4, 0.5) is 5.69 Å². The highest BCUT2D eigenvalue weighted by atomic mass is 16.1. The topological polar surface area (TPSA) is 46.2 Å². The molecule has 0 unspecified atom stereocenters. The van der Waals surface area contributed by atoms with E-state index in [1.165, 1.54) is 0 Å². The lowest BCUT2D eigenvalue weighted by atomic mass is 10.0. The smallest absolute Gasteiger partial charge is 0.255 e. The summed E-state index contributed by atoms with van der Waals surface area (Å²) in [5, 5.41) is 2.95. The number of hydrogen-bond acceptors (Lipinski definition) is 2. The van der Waals surface area contributed by atoms with Crippen molar-refractivity contribution in [2.45, 2.75) is 0 Å². The molecule has 0 saturated heterocycles. The predicted octanol–water partition coefficient (Wildman–Crippen LogP) is 5.82. The van der Waals surface area contributed by atoms with Crippen LogP contribution < -0.4 is 5.32 Å². The van der Waals surface area contributed by atoms with Gasteiger partial charge in [-0.1, -0.05) is 72.8 Å². The van der Waals surface area contributed by atoms with E-state index < -0.39 is 0 Å². The molecule has 4 aromatic carbocycles. The Morgan fingerprint density at radius 1 is 0.586 bits per heavy atom. The predicted molar refractivity (Wildman–Crippen MR) is 115 cm³/mol. The number of nitrogens with one attached hydrogen (secondary N) is 1. The molecule has 0 radical (unpaired) electrons. The van der Waals surface area contributed by atoms with Crippen molar-refractivity contribution >= 4 is 17.4 Å². The van der Waals surface area contributed by atoms with E-state index in [1.807, 2.05) is 84.9 Å². The van der Waals surface area contributed by atoms with Crippen molar-refractivity contribution in [2.24, 2.45) is 0 Å². The van der Waals surface area contributed by atoms with Gasteiger partial charge in [0, 0.05) is 22.4 Å². The normalized spacial score (nSPS) is 11.7. The Labute approximate surface area is 168 Å². The maximum absolute atomic E-state index is 12.8. The molecule has 5 rings (SSSR count). The third-order valence-corrected chi connectivity index (χ3v) is 5.22. The van der Waals surface area contributed by atoms with Crippen LogP contribution in [0.15, 0.2) is 97.1 Å². The molecule has 3 nitrogen and oxygen atoms in total. The molecule has 0 atom stereocenters. The molecular formula is C26H17NO2. The third-order valence-electron chi connectivity index (χ3n) is 5.22. The minimum Gasteiger partial charge on any atom is -0.322 e. The second-order valence-corrected chi connectivity index (χ2v) is 7.04. The SMILES string of the molecule is O=C(Nc1cccc(-c2ccccc2)c1)c1ccc2c(c1)C(=O)c1ccccc1-2. The van der Waals surface area contributed by atoms with E-state index in [0.29, 0.717) is 22.4 Å². The van der Waals surface area contributed by atoms with Crippen LogP contribution in [0.3, 0.4) is 0 Å². The summed E-state index contributed by atoms with van der Waals surface area (Å²) in [5.74, 6) is -0.266. The Morgan fingerprint density at radius 2 is 1.28 bits per heavy atom. The largest absolute Gasteiger partial charge is 0.322 e. The van der Waals surface area contributed by atoms with Gasteiger partial charge < -0.3 is 5.32 Å². The molecule has 1 aliphatic rings. The van der Waals surface area contributed by atoms with Gasteiger partial charge in [-0.2, -0.15) is 0 Å². The average molecular weight is 375 g/mol. The first-order valence-corrected chi connectivity index (χ1v) is 9.46. The fourth-order valence-electron chi connectivity index (χ4n) is 3.78. The molecule has 29 heavy (non-hydrogen) atoms. The molecular weight excluding hydrogens is 358 g/mol. The van der Waals surface area contributed by atoms with E-state index in [4.69, 9.17) is 0 Å². The van der Waals surface area contributed by atoms with Crippen LogP contribution in [0.25, 0.3) is 22.3 Å². The molecule has 0 spiro atoms. The van der Waals surface area contributed by atoms with Crippen molar-refractivity contribution in [3.8, 4) is 22.3 Å². The molecule has 1 N–H and O–H groups in total. The Hall–Kier alpha value is -3.98. The minimum atomic E-state index is -0.234. The summed E-state index contributed by atoms with van der Waals surface area (Å²) >= 11 is 0. The summed E-state index contributed by atoms with van der Waals surface area (Å²) in [6, 6.07) is 30.6. The van der Waals surface area contributed by atoms with Crippen LogP contribution in [0.1, 0.15) is 26.3 Å². The second kappa shape index (κ2) is 6.88. The zero-order valence-electron chi connectivity index (χ0n) is 15.6. The third kappa shape index (κ3) is 3.03. The van der Waals surface area contributed by atoms with Gasteiger partial charge in [0.1, 0.15) is 0 Å². The van der Waals surface area contributed by atoms with Crippen molar-refractivity contribution in [2.75, 3.05) is 5.32 Å². The van der Waals surface area contributed by atoms with E-state index in [0.717, 1.165) is 22.3 Å². The van der Waals surface area contributed by atoms with Gasteiger partial charge in [-0.15, -0.1) is 0 Å². The first-order valence-electron chi connectivity index (χ1n) is 9.46. The van der Waals surface area contributed by atoms with Gasteiger partial charge in [-0.25, -0.2) is 0 Å². The van der Waals surface area contributed by atoms with Gasteiger partial charge in [0.25, 0.3) is 5.91 Å². The van der Waals surface area contributed by atoms with Crippen molar-refractivity contribution in [3.05, 3.63) is 114 Å². The summed E-state index contributed by atoms with van der Waals surface area (Å²) in [7, 11) is 0. The summed E-state index contributed by atoms with van der Waals surface area (Å²) in [5.41, 5.74) is 6.38. The van der Waals surface area contributed by atoms with Gasteiger partial charge in [0.05, 0.1) is 0 Å². The zero-order valence-corrected chi connectivity index (χ0v) is 15.6. The van der Waals surface area contributed by atoms with E-state index in [-0.39, 0.29) is 11.7 Å². The van der Waals surface area contributed by atoms with Crippen molar-refractivity contribution in [3.63, 3.8) is 0 Å². The number of hydrogen-bond donors (Lipinski definition) is 1. The van der Waals surface area contributed by atoms with E-state index in [1.54, 1.807) is 12.1 Å². The van der Waals surface area contributed by atoms with E-state index in [2.05, 4.69) is 5.32 Å². The second-order valence-electron chi connectivity index (χ2n) is 7.04. The average Bonchev–Trinajstić information content (AvgIpc) is 3.06. The summed E-state index contributed by atoms with van der Waals surface area (Å²) in [6.07, 6.45) is 0. The summed E-state index contributed by atoms with van der Waals surface area (Å²) < 4.78 is 0. The van der Waals surface area contributed by atoms with Crippen molar-refractivity contribution in [1.82, 2.24) is 0 Å². The molecule has 0 heterocycles. The highest BCUT2D eigenvalue weighted by molar-refractivity contribution is 6.22. The van der Waals surface area contributed by atoms with Gasteiger partial charge >= 0.3 is 0 Å². The number of carbonyl (C=O) groups excluding carboxylic acids is 2. The Kier molecular flexibility index (Phi) is 4.07. The van der Waals surface area contributed by atoms with Gasteiger partial charge in [0.15, 0.2) is 5.78 Å². The fourth-order valence-corrected chi connectivity index (χ4v) is 3.78. The number of rotatable bonds is 3. The standard InChI is InChI=1S/C26H17NO2/c28-25-23-12-5-4-11-21(23)22-14-13-19(16-24(22)25)26(29)27-20-10-6-9-18(15-20)17-7-2-1-3-8-17/h1-16H,(H,27,29). The molecule has 0 aliphatic heterocycles. The minimum absolute atomic E-state index is 0.0312. The molecule has 0 fully saturated rings. The Morgan fingerprint density at radius 3 is 2.10 bits per heavy atom. The molecule has 138 valence electrons. The molecule has 4 aromatic rings. The number of fused-ring (bicyclic) bond motifs is 3. The van der Waals surface area contributed by atoms with Crippen LogP contribution in [0.5, 0.6) is 0 Å². The molecule has 0 saturated carbocycles. The maximum atomic E-state index is 12.8. The molecule has 1 aliphatic carbocycles. The highest BCUT2D eigenvalue weighted by Crippen LogP contribution is 2.36. The zero-order chi connectivity index (χ0) is 19.8. The summed E-state index contributed by atoms with van der Waals surface area (Å²) in [6.45, 7) is 0. The van der Waals surface area contributed by atoms with E-state index in [9.17, 15) is 9.59 Å². The Bertz CT molecular complexity index is 1260. The van der Waals surface area contributed by atoms with Gasteiger partial charge in [0.2, 0.25) is 0 Å². The van der Waals surface area contributed by atoms with E-state index >= 15 is 0 Å². The van der Waals surface area contributed by atoms with Gasteiger partial charge in [-0.05, 0) is 46.5 Å². The maximum Gasteiger partial charge on any atom is 0.255 e. The van der Waals surface area contributed by atoms with Gasteiger partial charge in [-0.3, -0.25) is 9.59 Å². The quantitative estimate of drug-likeness (QED) is 0.432. The highest BCUT2D eigenvalue weighted by Gasteiger charge is 2.27. The van der Waals surface area contributed by atoms with Crippen LogP contribution in [0.2, 0.25) is 0 Å². The number of anilines is 1. The molecule has 0 aromatic heterocycles. The molecule has 1 amide bonds. The Balaban J connectivity index is 1.42. The monoisotopic (exact) mass is 375 g/mol. The lowest BCUT2D eigenvalue weighted by molar-refractivity contribution is 0.102. The molecule has 3 heteroatoms. The van der Waals surface area contributed by atoms with Crippen molar-refractivity contribution < 1.29 is 9.59 Å². The molecule has 0 bridgehead atoms. The number of benzene rings is 4.